The van der Waals surface area contributed by atoms with E-state index in [1.165, 1.54) is 0 Å². The van der Waals surface area contributed by atoms with Crippen molar-refractivity contribution in [1.82, 2.24) is 5.32 Å². The van der Waals surface area contributed by atoms with E-state index in [1.54, 1.807) is 55.6 Å². The molecule has 0 aliphatic rings. The molecule has 0 spiro atoms. The van der Waals surface area contributed by atoms with Crippen molar-refractivity contribution in [2.75, 3.05) is 45.4 Å². The number of hydrogen-bond acceptors (Lipinski definition) is 5. The predicted molar refractivity (Wildman–Crippen MR) is 112 cm³/mol. The standard InChI is InChI=1S/C22H28N2O5/c1-3-28-15-16-29-20-11-7-18(8-12-20)22(26)24-19-9-5-17(6-10-19)21(25)23-13-4-14-27-2/h5-12H,3-4,13-16H2,1-2H3,(H,23,25)(H,24,26). The van der Waals surface area contributed by atoms with Gasteiger partial charge in [-0.15, -0.1) is 0 Å². The molecule has 2 aromatic carbocycles. The highest BCUT2D eigenvalue weighted by molar-refractivity contribution is 6.04. The van der Waals surface area contributed by atoms with Crippen molar-refractivity contribution in [3.8, 4) is 5.75 Å². The number of rotatable bonds is 12. The van der Waals surface area contributed by atoms with E-state index in [-0.39, 0.29) is 11.8 Å². The first-order valence-corrected chi connectivity index (χ1v) is 9.63. The number of carbonyl (C=O) groups is 2. The highest BCUT2D eigenvalue weighted by Crippen LogP contribution is 2.15. The second kappa shape index (κ2) is 12.5. The Kier molecular flexibility index (Phi) is 9.68. The highest BCUT2D eigenvalue weighted by atomic mass is 16.5. The van der Waals surface area contributed by atoms with E-state index in [1.807, 2.05) is 6.92 Å². The molecule has 7 nitrogen and oxygen atoms in total. The highest BCUT2D eigenvalue weighted by Gasteiger charge is 2.08. The fourth-order valence-corrected chi connectivity index (χ4v) is 2.49. The first kappa shape index (κ1) is 22.4. The number of methoxy groups -OCH3 is 1. The molecule has 0 bridgehead atoms. The third-order valence-electron chi connectivity index (χ3n) is 4.03. The van der Waals surface area contributed by atoms with Crippen LogP contribution in [0, 0.1) is 0 Å². The van der Waals surface area contributed by atoms with Crippen molar-refractivity contribution < 1.29 is 23.8 Å². The molecule has 0 aliphatic carbocycles. The summed E-state index contributed by atoms with van der Waals surface area (Å²) in [6.07, 6.45) is 0.757. The molecule has 2 aromatic rings. The van der Waals surface area contributed by atoms with Gasteiger partial charge >= 0.3 is 0 Å². The van der Waals surface area contributed by atoms with Crippen LogP contribution in [0.25, 0.3) is 0 Å². The van der Waals surface area contributed by atoms with Gasteiger partial charge < -0.3 is 24.8 Å². The summed E-state index contributed by atoms with van der Waals surface area (Å²) >= 11 is 0. The molecule has 2 rings (SSSR count). The molecule has 0 atom stereocenters. The summed E-state index contributed by atoms with van der Waals surface area (Å²) < 4.78 is 15.7. The van der Waals surface area contributed by atoms with Crippen molar-refractivity contribution in [3.63, 3.8) is 0 Å². The van der Waals surface area contributed by atoms with Gasteiger partial charge in [0.05, 0.1) is 6.61 Å². The second-order valence-corrected chi connectivity index (χ2v) is 6.20. The smallest absolute Gasteiger partial charge is 0.255 e. The number of hydrogen-bond donors (Lipinski definition) is 2. The van der Waals surface area contributed by atoms with Crippen LogP contribution in [0.15, 0.2) is 48.5 Å². The minimum atomic E-state index is -0.234. The maximum Gasteiger partial charge on any atom is 0.255 e. The fourth-order valence-electron chi connectivity index (χ4n) is 2.49. The summed E-state index contributed by atoms with van der Waals surface area (Å²) in [5, 5.41) is 5.64. The van der Waals surface area contributed by atoms with E-state index in [0.29, 0.717) is 55.5 Å². The average Bonchev–Trinajstić information content (AvgIpc) is 2.75. The minimum Gasteiger partial charge on any atom is -0.491 e. The summed E-state index contributed by atoms with van der Waals surface area (Å²) in [6.45, 7) is 4.73. The maximum atomic E-state index is 12.4. The van der Waals surface area contributed by atoms with Crippen molar-refractivity contribution in [2.24, 2.45) is 0 Å². The van der Waals surface area contributed by atoms with Gasteiger partial charge in [0.15, 0.2) is 0 Å². The van der Waals surface area contributed by atoms with Crippen LogP contribution in [0.3, 0.4) is 0 Å². The van der Waals surface area contributed by atoms with Gasteiger partial charge in [-0.25, -0.2) is 0 Å². The summed E-state index contributed by atoms with van der Waals surface area (Å²) in [4.78, 5) is 24.4. The van der Waals surface area contributed by atoms with Crippen LogP contribution in [-0.4, -0.2) is 51.9 Å². The molecule has 0 saturated heterocycles. The van der Waals surface area contributed by atoms with E-state index >= 15 is 0 Å². The average molecular weight is 400 g/mol. The van der Waals surface area contributed by atoms with Crippen molar-refractivity contribution in [1.29, 1.82) is 0 Å². The van der Waals surface area contributed by atoms with Crippen LogP contribution in [0.2, 0.25) is 0 Å². The topological polar surface area (TPSA) is 85.9 Å². The SMILES string of the molecule is CCOCCOc1ccc(C(=O)Nc2ccc(C(=O)NCCCOC)cc2)cc1. The molecule has 0 radical (unpaired) electrons. The normalized spacial score (nSPS) is 10.4. The first-order valence-electron chi connectivity index (χ1n) is 9.63. The molecule has 7 heteroatoms. The number of amides is 2. The van der Waals surface area contributed by atoms with Crippen LogP contribution in [0.5, 0.6) is 5.75 Å². The number of benzene rings is 2. The fraction of sp³-hybridized carbons (Fsp3) is 0.364. The molecule has 2 amide bonds. The quantitative estimate of drug-likeness (QED) is 0.535. The third kappa shape index (κ3) is 7.93. The third-order valence-corrected chi connectivity index (χ3v) is 4.03. The number of carbonyl (C=O) groups excluding carboxylic acids is 2. The first-order chi connectivity index (χ1) is 14.1. The molecule has 0 aromatic heterocycles. The van der Waals surface area contributed by atoms with Gasteiger partial charge in [0.1, 0.15) is 12.4 Å². The monoisotopic (exact) mass is 400 g/mol. The van der Waals surface area contributed by atoms with Gasteiger partial charge in [-0.05, 0) is 61.9 Å². The van der Waals surface area contributed by atoms with Gasteiger partial charge in [-0.2, -0.15) is 0 Å². The Hall–Kier alpha value is -2.90. The predicted octanol–water partition coefficient (Wildman–Crippen LogP) is 3.12. The summed E-state index contributed by atoms with van der Waals surface area (Å²) in [5.74, 6) is 0.295. The van der Waals surface area contributed by atoms with Crippen LogP contribution in [0.1, 0.15) is 34.1 Å². The Morgan fingerprint density at radius 3 is 2.17 bits per heavy atom. The van der Waals surface area contributed by atoms with Crippen molar-refractivity contribution >= 4 is 17.5 Å². The van der Waals surface area contributed by atoms with Gasteiger partial charge in [0.25, 0.3) is 11.8 Å². The van der Waals surface area contributed by atoms with Gasteiger partial charge in [-0.3, -0.25) is 9.59 Å². The summed E-state index contributed by atoms with van der Waals surface area (Å²) in [6, 6.07) is 13.7. The lowest BCUT2D eigenvalue weighted by molar-refractivity contribution is 0.0948. The van der Waals surface area contributed by atoms with Gasteiger partial charge in [-0.1, -0.05) is 0 Å². The number of nitrogens with one attached hydrogen (secondary N) is 2. The molecule has 156 valence electrons. The zero-order valence-electron chi connectivity index (χ0n) is 16.9. The summed E-state index contributed by atoms with van der Waals surface area (Å²) in [7, 11) is 1.63. The maximum absolute atomic E-state index is 12.4. The Morgan fingerprint density at radius 1 is 0.862 bits per heavy atom. The van der Waals surface area contributed by atoms with Crippen LogP contribution in [0.4, 0.5) is 5.69 Å². The van der Waals surface area contributed by atoms with Gasteiger partial charge in [0.2, 0.25) is 0 Å². The number of ether oxygens (including phenoxy) is 3. The minimum absolute atomic E-state index is 0.154. The van der Waals surface area contributed by atoms with Crippen LogP contribution in [-0.2, 0) is 9.47 Å². The molecule has 0 unspecified atom stereocenters. The van der Waals surface area contributed by atoms with Gasteiger partial charge in [0, 0.05) is 43.7 Å². The zero-order valence-corrected chi connectivity index (χ0v) is 16.9. The largest absolute Gasteiger partial charge is 0.491 e. The molecular weight excluding hydrogens is 372 g/mol. The Bertz CT molecular complexity index is 760. The molecule has 0 fully saturated rings. The van der Waals surface area contributed by atoms with Crippen molar-refractivity contribution in [2.45, 2.75) is 13.3 Å². The second-order valence-electron chi connectivity index (χ2n) is 6.20. The lowest BCUT2D eigenvalue weighted by Crippen LogP contribution is -2.25. The van der Waals surface area contributed by atoms with E-state index in [4.69, 9.17) is 14.2 Å². The molecule has 0 aliphatic heterocycles. The summed E-state index contributed by atoms with van der Waals surface area (Å²) in [5.41, 5.74) is 1.67. The van der Waals surface area contributed by atoms with Crippen LogP contribution < -0.4 is 15.4 Å². The zero-order chi connectivity index (χ0) is 20.9. The van der Waals surface area contributed by atoms with E-state index < -0.39 is 0 Å². The lowest BCUT2D eigenvalue weighted by atomic mass is 10.1. The van der Waals surface area contributed by atoms with E-state index in [0.717, 1.165) is 6.42 Å². The van der Waals surface area contributed by atoms with E-state index in [2.05, 4.69) is 10.6 Å². The number of anilines is 1. The lowest BCUT2D eigenvalue weighted by Gasteiger charge is -2.09. The van der Waals surface area contributed by atoms with E-state index in [9.17, 15) is 9.59 Å². The van der Waals surface area contributed by atoms with Crippen LogP contribution >= 0.6 is 0 Å². The Labute approximate surface area is 171 Å². The molecule has 0 saturated carbocycles. The Morgan fingerprint density at radius 2 is 1.52 bits per heavy atom. The van der Waals surface area contributed by atoms with Crippen molar-refractivity contribution in [3.05, 3.63) is 59.7 Å². The molecule has 2 N–H and O–H groups in total. The molecule has 29 heavy (non-hydrogen) atoms. The molecular formula is C22H28N2O5. The Balaban J connectivity index is 1.83. The molecule has 0 heterocycles.